The number of hydrogen-bond donors (Lipinski definition) is 3. The molecule has 0 bridgehead atoms. The third-order valence-electron chi connectivity index (χ3n) is 6.25. The Morgan fingerprint density at radius 3 is 2.51 bits per heavy atom. The number of benzene rings is 1. The van der Waals surface area contributed by atoms with Crippen molar-refractivity contribution in [2.75, 3.05) is 13.2 Å². The molecule has 0 saturated carbocycles. The Morgan fingerprint density at radius 2 is 1.89 bits per heavy atom. The van der Waals surface area contributed by atoms with E-state index in [1.165, 1.54) is 12.1 Å². The number of hydrogen-bond acceptors (Lipinski definition) is 6. The number of nitrogens with zero attached hydrogens (tertiary/aromatic N) is 2. The average molecular weight is 494 g/mol. The average Bonchev–Trinajstić information content (AvgIpc) is 3.61. The van der Waals surface area contributed by atoms with E-state index in [0.29, 0.717) is 28.7 Å². The van der Waals surface area contributed by atoms with Gasteiger partial charge in [0.2, 0.25) is 0 Å². The molecule has 1 aromatic carbocycles. The molecule has 35 heavy (non-hydrogen) atoms. The molecule has 0 unspecified atom stereocenters. The highest BCUT2D eigenvalue weighted by Gasteiger charge is 2.42. The molecule has 2 fully saturated rings. The maximum atomic E-state index is 11.5. The summed E-state index contributed by atoms with van der Waals surface area (Å²) in [5.41, 5.74) is 0.900. The van der Waals surface area contributed by atoms with E-state index < -0.39 is 11.9 Å². The Morgan fingerprint density at radius 1 is 1.11 bits per heavy atom. The van der Waals surface area contributed by atoms with E-state index >= 15 is 0 Å². The zero-order valence-corrected chi connectivity index (χ0v) is 19.4. The van der Waals surface area contributed by atoms with E-state index in [1.807, 2.05) is 29.2 Å². The molecule has 10 heteroatoms. The first-order valence-corrected chi connectivity index (χ1v) is 11.6. The van der Waals surface area contributed by atoms with E-state index in [1.54, 1.807) is 12.3 Å². The number of pyridine rings is 1. The molecule has 3 aromatic rings. The summed E-state index contributed by atoms with van der Waals surface area (Å²) in [4.78, 5) is 29.6. The van der Waals surface area contributed by atoms with Gasteiger partial charge >= 0.3 is 11.9 Å². The van der Waals surface area contributed by atoms with Gasteiger partial charge in [0.05, 0.1) is 29.0 Å². The number of furan rings is 1. The molecule has 2 aromatic heterocycles. The van der Waals surface area contributed by atoms with Crippen molar-refractivity contribution in [3.05, 3.63) is 77.3 Å². The van der Waals surface area contributed by atoms with Crippen LogP contribution in [-0.4, -0.2) is 56.4 Å². The van der Waals surface area contributed by atoms with Crippen LogP contribution in [-0.2, 0) is 4.74 Å². The normalized spacial score (nSPS) is 21.8. The van der Waals surface area contributed by atoms with Gasteiger partial charge in [-0.15, -0.1) is 0 Å². The van der Waals surface area contributed by atoms with Crippen LogP contribution in [0.2, 0.25) is 0 Å². The molecule has 180 valence electrons. The van der Waals surface area contributed by atoms with E-state index in [9.17, 15) is 19.8 Å². The summed E-state index contributed by atoms with van der Waals surface area (Å²) in [5, 5.41) is 22.8. The number of carboxylic acids is 2. The van der Waals surface area contributed by atoms with Crippen molar-refractivity contribution in [2.45, 2.75) is 31.0 Å². The van der Waals surface area contributed by atoms with Crippen LogP contribution in [0.25, 0.3) is 11.3 Å². The standard InChI is InChI=1S/C25H23N3O6S/c29-23(30)15-10-14(11-16(12-15)24(31)32)19-6-7-20(34-19)22-21(18-5-1-2-8-26-18)27-25(35)28(22)13-17-4-3-9-33-17/h1-2,5-8,10-12,17,21-22H,3-4,9,13H2,(H,27,35)(H,29,30)(H,31,32)/t17-,21+,22-/m1/s1. The highest BCUT2D eigenvalue weighted by atomic mass is 32.1. The Bertz CT molecular complexity index is 1240. The highest BCUT2D eigenvalue weighted by Crippen LogP contribution is 2.41. The molecule has 2 aliphatic rings. The largest absolute Gasteiger partial charge is 0.478 e. The second-order valence-electron chi connectivity index (χ2n) is 8.53. The van der Waals surface area contributed by atoms with Crippen molar-refractivity contribution in [2.24, 2.45) is 0 Å². The van der Waals surface area contributed by atoms with Crippen molar-refractivity contribution < 1.29 is 29.0 Å². The lowest BCUT2D eigenvalue weighted by molar-refractivity contribution is 0.0696. The molecule has 3 atom stereocenters. The second-order valence-corrected chi connectivity index (χ2v) is 8.91. The summed E-state index contributed by atoms with van der Waals surface area (Å²) in [5.74, 6) is -1.48. The molecule has 2 saturated heterocycles. The van der Waals surface area contributed by atoms with Crippen molar-refractivity contribution in [3.63, 3.8) is 0 Å². The van der Waals surface area contributed by atoms with Crippen LogP contribution in [0.1, 0.15) is 57.1 Å². The Labute approximate surface area is 206 Å². The van der Waals surface area contributed by atoms with E-state index in [-0.39, 0.29) is 29.3 Å². The van der Waals surface area contributed by atoms with Gasteiger partial charge in [0, 0.05) is 24.9 Å². The van der Waals surface area contributed by atoms with Gasteiger partial charge in [0.25, 0.3) is 0 Å². The van der Waals surface area contributed by atoms with E-state index in [4.69, 9.17) is 21.4 Å². The van der Waals surface area contributed by atoms with Crippen molar-refractivity contribution in [1.29, 1.82) is 0 Å². The molecule has 9 nitrogen and oxygen atoms in total. The van der Waals surface area contributed by atoms with Crippen molar-refractivity contribution in [1.82, 2.24) is 15.2 Å². The molecule has 3 N–H and O–H groups in total. The molecule has 5 rings (SSSR count). The molecule has 0 radical (unpaired) electrons. The SMILES string of the molecule is O=C(O)c1cc(C(=O)O)cc(-c2ccc([C@@H]3[C@H](c4ccccn4)NC(=S)N3C[C@H]3CCCO3)o2)c1. The molecule has 2 aliphatic heterocycles. The van der Waals surface area contributed by atoms with Gasteiger partial charge in [0.1, 0.15) is 17.6 Å². The third kappa shape index (κ3) is 4.62. The summed E-state index contributed by atoms with van der Waals surface area (Å²) in [6.45, 7) is 1.32. The van der Waals surface area contributed by atoms with Crippen LogP contribution in [0.5, 0.6) is 0 Å². The maximum Gasteiger partial charge on any atom is 0.335 e. The fourth-order valence-electron chi connectivity index (χ4n) is 4.60. The van der Waals surface area contributed by atoms with Crippen LogP contribution in [0, 0.1) is 0 Å². The first-order valence-electron chi connectivity index (χ1n) is 11.2. The zero-order chi connectivity index (χ0) is 24.5. The number of rotatable bonds is 7. The number of aromatic nitrogens is 1. The van der Waals surface area contributed by atoms with Crippen LogP contribution in [0.15, 0.2) is 59.1 Å². The number of carbonyl (C=O) groups is 2. The monoisotopic (exact) mass is 493 g/mol. The fraction of sp³-hybridized carbons (Fsp3) is 0.280. The minimum absolute atomic E-state index is 0.0551. The van der Waals surface area contributed by atoms with Gasteiger partial charge in [-0.1, -0.05) is 6.07 Å². The minimum atomic E-state index is -1.22. The number of nitrogens with one attached hydrogen (secondary N) is 1. The van der Waals surface area contributed by atoms with Crippen molar-refractivity contribution in [3.8, 4) is 11.3 Å². The number of thiocarbonyl (C=S) groups is 1. The van der Waals surface area contributed by atoms with Gasteiger partial charge in [-0.05, 0) is 67.5 Å². The van der Waals surface area contributed by atoms with Gasteiger partial charge in [0.15, 0.2) is 5.11 Å². The summed E-state index contributed by atoms with van der Waals surface area (Å²) in [6, 6.07) is 12.5. The quantitative estimate of drug-likeness (QED) is 0.417. The smallest absolute Gasteiger partial charge is 0.335 e. The predicted octanol–water partition coefficient (Wildman–Crippen LogP) is 3.89. The van der Waals surface area contributed by atoms with Crippen molar-refractivity contribution >= 4 is 29.3 Å². The lowest BCUT2D eigenvalue weighted by Gasteiger charge is -2.28. The second kappa shape index (κ2) is 9.47. The summed E-state index contributed by atoms with van der Waals surface area (Å²) < 4.78 is 12.1. The molecule has 4 heterocycles. The maximum absolute atomic E-state index is 11.5. The summed E-state index contributed by atoms with van der Waals surface area (Å²) >= 11 is 5.68. The Hall–Kier alpha value is -3.76. The van der Waals surface area contributed by atoms with E-state index in [0.717, 1.165) is 31.2 Å². The highest BCUT2D eigenvalue weighted by molar-refractivity contribution is 7.80. The fourth-order valence-corrected chi connectivity index (χ4v) is 4.92. The number of aromatic carboxylic acids is 2. The number of ether oxygens (including phenoxy) is 1. The lowest BCUT2D eigenvalue weighted by atomic mass is 10.0. The summed E-state index contributed by atoms with van der Waals surface area (Å²) in [6.07, 6.45) is 3.73. The van der Waals surface area contributed by atoms with Gasteiger partial charge in [-0.3, -0.25) is 4.98 Å². The zero-order valence-electron chi connectivity index (χ0n) is 18.6. The van der Waals surface area contributed by atoms with Crippen LogP contribution in [0.4, 0.5) is 0 Å². The molecular formula is C25H23N3O6S. The van der Waals surface area contributed by atoms with Crippen LogP contribution < -0.4 is 5.32 Å². The van der Waals surface area contributed by atoms with Crippen LogP contribution in [0.3, 0.4) is 0 Å². The van der Waals surface area contributed by atoms with Gasteiger partial charge in [-0.2, -0.15) is 0 Å². The Balaban J connectivity index is 1.53. The van der Waals surface area contributed by atoms with E-state index in [2.05, 4.69) is 10.3 Å². The van der Waals surface area contributed by atoms with Gasteiger partial charge in [-0.25, -0.2) is 9.59 Å². The first kappa shape index (κ1) is 23.0. The third-order valence-corrected chi connectivity index (χ3v) is 6.60. The molecule has 0 aliphatic carbocycles. The molecular weight excluding hydrogens is 470 g/mol. The molecule has 0 amide bonds. The Kier molecular flexibility index (Phi) is 6.23. The molecule has 0 spiro atoms. The first-order chi connectivity index (χ1) is 16.9. The van der Waals surface area contributed by atoms with Crippen LogP contribution >= 0.6 is 12.2 Å². The van der Waals surface area contributed by atoms with Gasteiger partial charge < -0.3 is 29.6 Å². The minimum Gasteiger partial charge on any atom is -0.478 e. The lowest BCUT2D eigenvalue weighted by Crippen LogP contribution is -2.36. The number of carboxylic acid groups (broad SMARTS) is 2. The summed E-state index contributed by atoms with van der Waals surface area (Å²) in [7, 11) is 0. The predicted molar refractivity (Wildman–Crippen MR) is 129 cm³/mol. The topological polar surface area (TPSA) is 125 Å².